The molecule has 1 amide bonds. The number of anilines is 1. The van der Waals surface area contributed by atoms with Gasteiger partial charge in [0.2, 0.25) is 0 Å². The summed E-state index contributed by atoms with van der Waals surface area (Å²) in [6.45, 7) is 2.32. The van der Waals surface area contributed by atoms with E-state index in [-0.39, 0.29) is 16.3 Å². The number of amides is 1. The molecule has 1 N–H and O–H groups in total. The second kappa shape index (κ2) is 6.91. The molecular weight excluding hydrogens is 331 g/mol. The second-order valence-corrected chi connectivity index (χ2v) is 5.01. The van der Waals surface area contributed by atoms with Gasteiger partial charge in [-0.15, -0.1) is 0 Å². The van der Waals surface area contributed by atoms with Crippen molar-refractivity contribution in [2.45, 2.75) is 13.1 Å². The summed E-state index contributed by atoms with van der Waals surface area (Å²) in [5.41, 5.74) is -0.703. The first-order valence-corrected chi connectivity index (χ1v) is 7.10. The lowest BCUT2D eigenvalue weighted by Gasteiger charge is -2.12. The van der Waals surface area contributed by atoms with Crippen molar-refractivity contribution in [3.8, 4) is 5.75 Å². The van der Waals surface area contributed by atoms with E-state index in [4.69, 9.17) is 16.3 Å². The number of carbonyl (C=O) groups excluding carboxylic acids is 1. The Bertz CT molecular complexity index is 699. The van der Waals surface area contributed by atoms with Crippen molar-refractivity contribution < 1.29 is 22.7 Å². The van der Waals surface area contributed by atoms with E-state index in [0.717, 1.165) is 18.2 Å². The Hall–Kier alpha value is -2.21. The Morgan fingerprint density at radius 1 is 1.17 bits per heavy atom. The molecule has 2 rings (SSSR count). The van der Waals surface area contributed by atoms with E-state index in [2.05, 4.69) is 5.32 Å². The van der Waals surface area contributed by atoms with Crippen LogP contribution in [-0.4, -0.2) is 12.5 Å². The minimum Gasteiger partial charge on any atom is -0.494 e. The molecular formula is C16H13ClF3NO2. The zero-order chi connectivity index (χ0) is 17.0. The molecule has 2 aromatic carbocycles. The number of ether oxygens (including phenoxy) is 1. The average Bonchev–Trinajstić information content (AvgIpc) is 2.49. The minimum absolute atomic E-state index is 0.0253. The topological polar surface area (TPSA) is 38.3 Å². The highest BCUT2D eigenvalue weighted by molar-refractivity contribution is 6.34. The number of rotatable bonds is 4. The van der Waals surface area contributed by atoms with E-state index in [1.807, 2.05) is 6.92 Å². The third-order valence-corrected chi connectivity index (χ3v) is 3.30. The Morgan fingerprint density at radius 3 is 2.39 bits per heavy atom. The highest BCUT2D eigenvalue weighted by Crippen LogP contribution is 2.34. The quantitative estimate of drug-likeness (QED) is 0.847. The lowest BCUT2D eigenvalue weighted by atomic mass is 10.1. The van der Waals surface area contributed by atoms with Gasteiger partial charge in [-0.1, -0.05) is 11.6 Å². The fraction of sp³-hybridized carbons (Fsp3) is 0.188. The van der Waals surface area contributed by atoms with Crippen LogP contribution in [-0.2, 0) is 6.18 Å². The van der Waals surface area contributed by atoms with Crippen LogP contribution >= 0.6 is 11.6 Å². The zero-order valence-corrected chi connectivity index (χ0v) is 12.8. The van der Waals surface area contributed by atoms with Crippen molar-refractivity contribution in [1.82, 2.24) is 0 Å². The Balaban J connectivity index is 2.19. The number of hydrogen-bond donors (Lipinski definition) is 1. The molecule has 0 bridgehead atoms. The van der Waals surface area contributed by atoms with Gasteiger partial charge in [0, 0.05) is 5.56 Å². The molecule has 2 aromatic rings. The molecule has 122 valence electrons. The van der Waals surface area contributed by atoms with Gasteiger partial charge >= 0.3 is 6.18 Å². The van der Waals surface area contributed by atoms with Crippen molar-refractivity contribution in [2.24, 2.45) is 0 Å². The molecule has 0 fully saturated rings. The molecule has 0 radical (unpaired) electrons. The lowest BCUT2D eigenvalue weighted by Crippen LogP contribution is -2.13. The monoisotopic (exact) mass is 343 g/mol. The number of nitrogens with one attached hydrogen (secondary N) is 1. The molecule has 0 unspecified atom stereocenters. The normalized spacial score (nSPS) is 11.2. The first kappa shape index (κ1) is 17.1. The van der Waals surface area contributed by atoms with Gasteiger partial charge in [0.05, 0.1) is 22.9 Å². The van der Waals surface area contributed by atoms with Crippen molar-refractivity contribution in [1.29, 1.82) is 0 Å². The summed E-state index contributed by atoms with van der Waals surface area (Å²) >= 11 is 5.84. The van der Waals surface area contributed by atoms with Gasteiger partial charge < -0.3 is 10.1 Å². The van der Waals surface area contributed by atoms with Crippen LogP contribution in [0, 0.1) is 0 Å². The van der Waals surface area contributed by atoms with Crippen molar-refractivity contribution in [3.05, 3.63) is 58.6 Å². The van der Waals surface area contributed by atoms with E-state index >= 15 is 0 Å². The standard InChI is InChI=1S/C16H13ClF3NO2/c1-2-23-12-6-3-10(4-7-12)15(22)21-14-9-11(16(18,19)20)5-8-13(14)17/h3-9H,2H2,1H3,(H,21,22). The minimum atomic E-state index is -4.51. The molecule has 3 nitrogen and oxygen atoms in total. The molecule has 0 saturated carbocycles. The molecule has 0 saturated heterocycles. The van der Waals surface area contributed by atoms with Crippen molar-refractivity contribution in [3.63, 3.8) is 0 Å². The predicted molar refractivity (Wildman–Crippen MR) is 82.0 cm³/mol. The molecule has 23 heavy (non-hydrogen) atoms. The van der Waals surface area contributed by atoms with Crippen LogP contribution in [0.1, 0.15) is 22.8 Å². The Morgan fingerprint density at radius 2 is 1.83 bits per heavy atom. The number of hydrogen-bond acceptors (Lipinski definition) is 2. The average molecular weight is 344 g/mol. The summed E-state index contributed by atoms with van der Waals surface area (Å²) in [4.78, 5) is 12.1. The van der Waals surface area contributed by atoms with Gasteiger partial charge in [0.15, 0.2) is 0 Å². The third-order valence-electron chi connectivity index (χ3n) is 2.97. The van der Waals surface area contributed by atoms with Crippen LogP contribution in [0.15, 0.2) is 42.5 Å². The van der Waals surface area contributed by atoms with Crippen LogP contribution in [0.5, 0.6) is 5.75 Å². The molecule has 0 spiro atoms. The fourth-order valence-electron chi connectivity index (χ4n) is 1.86. The highest BCUT2D eigenvalue weighted by Gasteiger charge is 2.31. The summed E-state index contributed by atoms with van der Waals surface area (Å²) in [6, 6.07) is 8.99. The van der Waals surface area contributed by atoms with E-state index in [1.54, 1.807) is 12.1 Å². The Kier molecular flexibility index (Phi) is 5.15. The molecule has 7 heteroatoms. The van der Waals surface area contributed by atoms with Gasteiger partial charge in [-0.05, 0) is 49.4 Å². The molecule has 0 aliphatic rings. The van der Waals surface area contributed by atoms with Crippen molar-refractivity contribution >= 4 is 23.2 Å². The first-order chi connectivity index (χ1) is 10.8. The molecule has 0 atom stereocenters. The van der Waals surface area contributed by atoms with Crippen LogP contribution in [0.25, 0.3) is 0 Å². The number of halogens is 4. The van der Waals surface area contributed by atoms with E-state index in [1.165, 1.54) is 12.1 Å². The number of benzene rings is 2. The van der Waals surface area contributed by atoms with Gasteiger partial charge in [-0.25, -0.2) is 0 Å². The summed E-state index contributed by atoms with van der Waals surface area (Å²) in [6.07, 6.45) is -4.51. The Labute approximate surface area is 136 Å². The first-order valence-electron chi connectivity index (χ1n) is 6.72. The van der Waals surface area contributed by atoms with Crippen LogP contribution in [0.4, 0.5) is 18.9 Å². The van der Waals surface area contributed by atoms with Crippen LogP contribution in [0.3, 0.4) is 0 Å². The summed E-state index contributed by atoms with van der Waals surface area (Å²) in [5, 5.41) is 2.40. The fourth-order valence-corrected chi connectivity index (χ4v) is 2.03. The SMILES string of the molecule is CCOc1ccc(C(=O)Nc2cc(C(F)(F)F)ccc2Cl)cc1. The van der Waals surface area contributed by atoms with E-state index in [0.29, 0.717) is 12.4 Å². The zero-order valence-electron chi connectivity index (χ0n) is 12.1. The maximum Gasteiger partial charge on any atom is 0.416 e. The van der Waals surface area contributed by atoms with Crippen LogP contribution in [0.2, 0.25) is 5.02 Å². The number of alkyl halides is 3. The van der Waals surface area contributed by atoms with Gasteiger partial charge in [0.1, 0.15) is 5.75 Å². The lowest BCUT2D eigenvalue weighted by molar-refractivity contribution is -0.137. The predicted octanol–water partition coefficient (Wildman–Crippen LogP) is 5.01. The van der Waals surface area contributed by atoms with Gasteiger partial charge in [-0.2, -0.15) is 13.2 Å². The van der Waals surface area contributed by atoms with Crippen LogP contribution < -0.4 is 10.1 Å². The maximum atomic E-state index is 12.7. The highest BCUT2D eigenvalue weighted by atomic mass is 35.5. The van der Waals surface area contributed by atoms with Gasteiger partial charge in [0.25, 0.3) is 5.91 Å². The maximum absolute atomic E-state index is 12.7. The summed E-state index contributed by atoms with van der Waals surface area (Å²) in [7, 11) is 0. The van der Waals surface area contributed by atoms with Crippen molar-refractivity contribution in [2.75, 3.05) is 11.9 Å². The molecule has 0 aromatic heterocycles. The largest absolute Gasteiger partial charge is 0.494 e. The third kappa shape index (κ3) is 4.39. The molecule has 0 aliphatic heterocycles. The molecule has 0 aliphatic carbocycles. The molecule has 0 heterocycles. The van der Waals surface area contributed by atoms with E-state index < -0.39 is 17.6 Å². The second-order valence-electron chi connectivity index (χ2n) is 4.60. The van der Waals surface area contributed by atoms with E-state index in [9.17, 15) is 18.0 Å². The van der Waals surface area contributed by atoms with Gasteiger partial charge in [-0.3, -0.25) is 4.79 Å². The summed E-state index contributed by atoms with van der Waals surface area (Å²) < 4.78 is 43.4. The number of carbonyl (C=O) groups is 1. The smallest absolute Gasteiger partial charge is 0.416 e. The summed E-state index contributed by atoms with van der Waals surface area (Å²) in [5.74, 6) is 0.0374.